The Hall–Kier alpha value is -3.07. The fourth-order valence-corrected chi connectivity index (χ4v) is 4.35. The first-order valence-corrected chi connectivity index (χ1v) is 13.5. The minimum atomic E-state index is -3.76. The largest absolute Gasteiger partial charge is 0.497 e. The second-order valence-electron chi connectivity index (χ2n) is 8.91. The molecule has 0 heterocycles. The van der Waals surface area contributed by atoms with Crippen LogP contribution in [0.5, 0.6) is 5.75 Å². The van der Waals surface area contributed by atoms with E-state index in [0.717, 1.165) is 33.7 Å². The maximum Gasteiger partial charge on any atom is 0.244 e. The molecule has 192 valence electrons. The van der Waals surface area contributed by atoms with Gasteiger partial charge in [0.15, 0.2) is 0 Å². The summed E-state index contributed by atoms with van der Waals surface area (Å²) in [6, 6.07) is 11.6. The van der Waals surface area contributed by atoms with E-state index in [1.165, 1.54) is 4.90 Å². The van der Waals surface area contributed by atoms with Crippen LogP contribution in [0.25, 0.3) is 0 Å². The molecule has 0 saturated carbocycles. The standard InChI is InChI=1S/C26H37N3O5S/c1-8-20(4)27-26(31)21(5)28(16-22-10-9-11-24(15-22)34-6)25(30)17-29(35(7,32)33)23-13-12-18(2)19(3)14-23/h9-15,20-21H,8,16-17H2,1-7H3,(H,27,31)/t20-,21+/m1/s1. The van der Waals surface area contributed by atoms with Gasteiger partial charge in [-0.2, -0.15) is 0 Å². The highest BCUT2D eigenvalue weighted by molar-refractivity contribution is 7.92. The number of carbonyl (C=O) groups is 2. The number of methoxy groups -OCH3 is 1. The zero-order chi connectivity index (χ0) is 26.3. The third kappa shape index (κ3) is 7.71. The number of anilines is 1. The van der Waals surface area contributed by atoms with Crippen molar-refractivity contribution in [3.05, 3.63) is 59.2 Å². The summed E-state index contributed by atoms with van der Waals surface area (Å²) >= 11 is 0. The summed E-state index contributed by atoms with van der Waals surface area (Å²) in [5, 5.41) is 2.91. The quantitative estimate of drug-likeness (QED) is 0.507. The molecule has 0 aromatic heterocycles. The van der Waals surface area contributed by atoms with E-state index in [0.29, 0.717) is 11.4 Å². The number of amides is 2. The van der Waals surface area contributed by atoms with Crippen molar-refractivity contribution >= 4 is 27.5 Å². The van der Waals surface area contributed by atoms with E-state index in [1.54, 1.807) is 44.4 Å². The van der Waals surface area contributed by atoms with Gasteiger partial charge < -0.3 is 15.0 Å². The van der Waals surface area contributed by atoms with Gasteiger partial charge in [-0.25, -0.2) is 8.42 Å². The number of ether oxygens (including phenoxy) is 1. The Morgan fingerprint density at radius 1 is 1.06 bits per heavy atom. The van der Waals surface area contributed by atoms with Gasteiger partial charge in [-0.05, 0) is 75.1 Å². The van der Waals surface area contributed by atoms with E-state index in [1.807, 2.05) is 39.8 Å². The molecule has 8 nitrogen and oxygen atoms in total. The van der Waals surface area contributed by atoms with Gasteiger partial charge in [0.1, 0.15) is 18.3 Å². The van der Waals surface area contributed by atoms with Gasteiger partial charge in [0.25, 0.3) is 0 Å². The lowest BCUT2D eigenvalue weighted by molar-refractivity contribution is -0.139. The first-order chi connectivity index (χ1) is 16.4. The Kier molecular flexibility index (Phi) is 9.71. The van der Waals surface area contributed by atoms with Crippen LogP contribution in [0.1, 0.15) is 43.9 Å². The zero-order valence-corrected chi connectivity index (χ0v) is 22.5. The van der Waals surface area contributed by atoms with Crippen LogP contribution in [0.15, 0.2) is 42.5 Å². The molecule has 0 aliphatic heterocycles. The number of rotatable bonds is 11. The summed E-state index contributed by atoms with van der Waals surface area (Å²) in [5.41, 5.74) is 3.10. The van der Waals surface area contributed by atoms with E-state index in [2.05, 4.69) is 5.32 Å². The normalized spacial score (nSPS) is 13.0. The minimum absolute atomic E-state index is 0.0539. The number of hydrogen-bond donors (Lipinski definition) is 1. The smallest absolute Gasteiger partial charge is 0.244 e. The van der Waals surface area contributed by atoms with Gasteiger partial charge in [0.2, 0.25) is 21.8 Å². The fourth-order valence-electron chi connectivity index (χ4n) is 3.51. The van der Waals surface area contributed by atoms with Crippen molar-refractivity contribution in [3.63, 3.8) is 0 Å². The third-order valence-corrected chi connectivity index (χ3v) is 7.25. The first kappa shape index (κ1) is 28.2. The Morgan fingerprint density at radius 3 is 2.31 bits per heavy atom. The van der Waals surface area contributed by atoms with Crippen molar-refractivity contribution in [1.29, 1.82) is 0 Å². The van der Waals surface area contributed by atoms with Gasteiger partial charge >= 0.3 is 0 Å². The number of nitrogens with one attached hydrogen (secondary N) is 1. The lowest BCUT2D eigenvalue weighted by atomic mass is 10.1. The predicted octanol–water partition coefficient (Wildman–Crippen LogP) is 3.41. The average molecular weight is 504 g/mol. The minimum Gasteiger partial charge on any atom is -0.497 e. The van der Waals surface area contributed by atoms with Crippen molar-refractivity contribution < 1.29 is 22.7 Å². The van der Waals surface area contributed by atoms with Crippen molar-refractivity contribution in [3.8, 4) is 5.75 Å². The molecule has 2 aromatic carbocycles. The molecular weight excluding hydrogens is 466 g/mol. The van der Waals surface area contributed by atoms with Crippen LogP contribution in [0, 0.1) is 13.8 Å². The fraction of sp³-hybridized carbons (Fsp3) is 0.462. The Balaban J connectivity index is 2.42. The first-order valence-electron chi connectivity index (χ1n) is 11.6. The summed E-state index contributed by atoms with van der Waals surface area (Å²) in [6.45, 7) is 9.02. The van der Waals surface area contributed by atoms with E-state index in [9.17, 15) is 18.0 Å². The summed E-state index contributed by atoms with van der Waals surface area (Å²) in [4.78, 5) is 27.9. The number of aryl methyl sites for hydroxylation is 2. The van der Waals surface area contributed by atoms with Crippen molar-refractivity contribution in [2.45, 2.75) is 59.7 Å². The van der Waals surface area contributed by atoms with Gasteiger partial charge in [0, 0.05) is 12.6 Å². The molecule has 9 heteroatoms. The molecule has 0 aliphatic rings. The van der Waals surface area contributed by atoms with Gasteiger partial charge in [0.05, 0.1) is 19.1 Å². The number of hydrogen-bond acceptors (Lipinski definition) is 5. The molecule has 0 spiro atoms. The molecule has 2 atom stereocenters. The van der Waals surface area contributed by atoms with E-state index in [-0.39, 0.29) is 18.5 Å². The molecule has 0 fully saturated rings. The number of nitrogens with zero attached hydrogens (tertiary/aromatic N) is 2. The maximum atomic E-state index is 13.6. The van der Waals surface area contributed by atoms with Crippen molar-refractivity contribution in [1.82, 2.24) is 10.2 Å². The second kappa shape index (κ2) is 12.1. The third-order valence-electron chi connectivity index (χ3n) is 6.11. The lowest BCUT2D eigenvalue weighted by Crippen LogP contribution is -2.52. The molecule has 0 aliphatic carbocycles. The van der Waals surface area contributed by atoms with E-state index >= 15 is 0 Å². The summed E-state index contributed by atoms with van der Waals surface area (Å²) in [6.07, 6.45) is 1.82. The average Bonchev–Trinajstić information content (AvgIpc) is 2.81. The van der Waals surface area contributed by atoms with Crippen LogP contribution >= 0.6 is 0 Å². The molecule has 35 heavy (non-hydrogen) atoms. The van der Waals surface area contributed by atoms with Crippen LogP contribution in [0.4, 0.5) is 5.69 Å². The molecule has 0 bridgehead atoms. The topological polar surface area (TPSA) is 96.0 Å². The second-order valence-corrected chi connectivity index (χ2v) is 10.8. The monoisotopic (exact) mass is 503 g/mol. The molecule has 1 N–H and O–H groups in total. The highest BCUT2D eigenvalue weighted by Gasteiger charge is 2.30. The van der Waals surface area contributed by atoms with Crippen LogP contribution in [0.2, 0.25) is 0 Å². The van der Waals surface area contributed by atoms with Gasteiger partial charge in [-0.15, -0.1) is 0 Å². The van der Waals surface area contributed by atoms with Crippen LogP contribution in [0.3, 0.4) is 0 Å². The molecule has 2 rings (SSSR count). The predicted molar refractivity (Wildman–Crippen MR) is 139 cm³/mol. The van der Waals surface area contributed by atoms with Gasteiger partial charge in [-0.1, -0.05) is 25.1 Å². The van der Waals surface area contributed by atoms with Crippen molar-refractivity contribution in [2.75, 3.05) is 24.2 Å². The molecule has 2 amide bonds. The van der Waals surface area contributed by atoms with Crippen molar-refractivity contribution in [2.24, 2.45) is 0 Å². The molecule has 0 saturated heterocycles. The van der Waals surface area contributed by atoms with Crippen LogP contribution < -0.4 is 14.4 Å². The Morgan fingerprint density at radius 2 is 1.74 bits per heavy atom. The van der Waals surface area contributed by atoms with E-state index in [4.69, 9.17) is 4.74 Å². The SMILES string of the molecule is CC[C@@H](C)NC(=O)[C@H](C)N(Cc1cccc(OC)c1)C(=O)CN(c1ccc(C)c(C)c1)S(C)(=O)=O. The van der Waals surface area contributed by atoms with Crippen LogP contribution in [-0.2, 0) is 26.2 Å². The van der Waals surface area contributed by atoms with Gasteiger partial charge in [-0.3, -0.25) is 13.9 Å². The number of carbonyl (C=O) groups excluding carboxylic acids is 2. The highest BCUT2D eigenvalue weighted by Crippen LogP contribution is 2.22. The van der Waals surface area contributed by atoms with E-state index < -0.39 is 28.5 Å². The maximum absolute atomic E-state index is 13.6. The number of benzene rings is 2. The summed E-state index contributed by atoms with van der Waals surface area (Å²) < 4.78 is 31.7. The summed E-state index contributed by atoms with van der Waals surface area (Å²) in [7, 11) is -2.21. The highest BCUT2D eigenvalue weighted by atomic mass is 32.2. The molecule has 0 radical (unpaired) electrons. The Labute approximate surface area is 209 Å². The number of sulfonamides is 1. The molecule has 2 aromatic rings. The zero-order valence-electron chi connectivity index (χ0n) is 21.7. The Bertz CT molecular complexity index is 1150. The molecule has 0 unspecified atom stereocenters. The summed E-state index contributed by atoms with van der Waals surface area (Å²) in [5.74, 6) is -0.157. The molecular formula is C26H37N3O5S. The lowest BCUT2D eigenvalue weighted by Gasteiger charge is -2.32. The van der Waals surface area contributed by atoms with Crippen LogP contribution in [-0.4, -0.2) is 57.1 Å².